The first-order chi connectivity index (χ1) is 16.4. The van der Waals surface area contributed by atoms with Gasteiger partial charge in [0.25, 0.3) is 5.91 Å². The first-order valence-electron chi connectivity index (χ1n) is 11.4. The monoisotopic (exact) mass is 476 g/mol. The molecule has 0 radical (unpaired) electrons. The molecule has 5 heterocycles. The average molecular weight is 477 g/mol. The number of rotatable bonds is 5. The Kier molecular flexibility index (Phi) is 5.91. The van der Waals surface area contributed by atoms with Gasteiger partial charge < -0.3 is 15.5 Å². The Hall–Kier alpha value is -3.53. The van der Waals surface area contributed by atoms with E-state index >= 15 is 0 Å². The van der Waals surface area contributed by atoms with E-state index in [1.54, 1.807) is 34.3 Å². The summed E-state index contributed by atoms with van der Waals surface area (Å²) >= 11 is 1.57. The molecule has 34 heavy (non-hydrogen) atoms. The standard InChI is InChI=1S/C24H28N8OS/c1-24(2,3)30-20-14-18(28-21(29-20)17-15-26-32-12-13-34-23(17)32)22(33)31-10-7-16(8-11-31)27-19-6-4-5-9-25-19/h4-6,9,12-16H,7-8,10-11H2,1-3H3,(H,25,27)(H,28,29,30). The lowest BCUT2D eigenvalue weighted by atomic mass is 10.0. The van der Waals surface area contributed by atoms with Crippen LogP contribution < -0.4 is 10.6 Å². The van der Waals surface area contributed by atoms with E-state index in [0.29, 0.717) is 30.4 Å². The van der Waals surface area contributed by atoms with Gasteiger partial charge in [0.05, 0.1) is 11.8 Å². The zero-order valence-corrected chi connectivity index (χ0v) is 20.3. The van der Waals surface area contributed by atoms with Crippen LogP contribution in [-0.2, 0) is 0 Å². The van der Waals surface area contributed by atoms with Crippen LogP contribution in [-0.4, -0.2) is 60.0 Å². The molecule has 4 aromatic heterocycles. The molecular weight excluding hydrogens is 448 g/mol. The van der Waals surface area contributed by atoms with Crippen molar-refractivity contribution in [1.29, 1.82) is 0 Å². The fourth-order valence-electron chi connectivity index (χ4n) is 4.05. The van der Waals surface area contributed by atoms with Gasteiger partial charge in [0.15, 0.2) is 5.82 Å². The minimum absolute atomic E-state index is 0.0773. The molecule has 9 nitrogen and oxygen atoms in total. The van der Waals surface area contributed by atoms with Gasteiger partial charge in [0, 0.05) is 48.5 Å². The van der Waals surface area contributed by atoms with Crippen molar-refractivity contribution >= 4 is 33.7 Å². The van der Waals surface area contributed by atoms with Crippen LogP contribution in [0.2, 0.25) is 0 Å². The maximum absolute atomic E-state index is 13.5. The summed E-state index contributed by atoms with van der Waals surface area (Å²) in [4.78, 5) is 30.1. The molecule has 5 rings (SSSR count). The highest BCUT2D eigenvalue weighted by Gasteiger charge is 2.26. The molecule has 1 saturated heterocycles. The number of nitrogens with one attached hydrogen (secondary N) is 2. The van der Waals surface area contributed by atoms with Crippen molar-refractivity contribution in [2.75, 3.05) is 23.7 Å². The van der Waals surface area contributed by atoms with Crippen LogP contribution in [0.15, 0.2) is 48.2 Å². The van der Waals surface area contributed by atoms with Crippen LogP contribution in [0.3, 0.4) is 0 Å². The van der Waals surface area contributed by atoms with E-state index < -0.39 is 0 Å². The Morgan fingerprint density at radius 3 is 2.71 bits per heavy atom. The molecule has 1 aliphatic rings. The van der Waals surface area contributed by atoms with Crippen molar-refractivity contribution in [3.8, 4) is 11.4 Å². The molecule has 10 heteroatoms. The largest absolute Gasteiger partial charge is 0.367 e. The number of hydrogen-bond donors (Lipinski definition) is 2. The third kappa shape index (κ3) is 4.86. The van der Waals surface area contributed by atoms with Crippen LogP contribution in [0.4, 0.5) is 11.6 Å². The SMILES string of the molecule is CC(C)(C)Nc1cc(C(=O)N2CCC(Nc3ccccn3)CC2)nc(-c2cnn3ccsc23)n1. The van der Waals surface area contributed by atoms with E-state index in [9.17, 15) is 4.79 Å². The van der Waals surface area contributed by atoms with E-state index in [2.05, 4.69) is 46.5 Å². The van der Waals surface area contributed by atoms with Crippen molar-refractivity contribution in [2.24, 2.45) is 0 Å². The molecule has 1 fully saturated rings. The van der Waals surface area contributed by atoms with E-state index in [1.165, 1.54) is 0 Å². The van der Waals surface area contributed by atoms with Crippen LogP contribution >= 0.6 is 11.3 Å². The predicted octanol–water partition coefficient (Wildman–Crippen LogP) is 4.17. The molecule has 0 aliphatic carbocycles. The van der Waals surface area contributed by atoms with Crippen LogP contribution in [0.25, 0.3) is 16.2 Å². The highest BCUT2D eigenvalue weighted by atomic mass is 32.1. The summed E-state index contributed by atoms with van der Waals surface area (Å²) < 4.78 is 1.80. The van der Waals surface area contributed by atoms with Crippen molar-refractivity contribution in [3.63, 3.8) is 0 Å². The number of pyridine rings is 1. The van der Waals surface area contributed by atoms with Crippen molar-refractivity contribution in [1.82, 2.24) is 29.5 Å². The highest BCUT2D eigenvalue weighted by molar-refractivity contribution is 7.16. The summed E-state index contributed by atoms with van der Waals surface area (Å²) in [6.45, 7) is 7.51. The zero-order valence-electron chi connectivity index (χ0n) is 19.5. The second kappa shape index (κ2) is 9.02. The molecule has 0 bridgehead atoms. The number of aromatic nitrogens is 5. The molecule has 0 atom stereocenters. The highest BCUT2D eigenvalue weighted by Crippen LogP contribution is 2.28. The second-order valence-corrected chi connectivity index (χ2v) is 10.4. The Balaban J connectivity index is 1.37. The zero-order chi connectivity index (χ0) is 23.7. The van der Waals surface area contributed by atoms with Crippen molar-refractivity contribution in [2.45, 2.75) is 45.2 Å². The van der Waals surface area contributed by atoms with Crippen molar-refractivity contribution in [3.05, 3.63) is 53.9 Å². The van der Waals surface area contributed by atoms with E-state index in [0.717, 1.165) is 29.1 Å². The molecule has 1 amide bonds. The number of carbonyl (C=O) groups excluding carboxylic acids is 1. The molecule has 0 aromatic carbocycles. The third-order valence-electron chi connectivity index (χ3n) is 5.62. The van der Waals surface area contributed by atoms with Crippen molar-refractivity contribution < 1.29 is 4.79 Å². The lowest BCUT2D eigenvalue weighted by Crippen LogP contribution is -2.42. The Bertz CT molecular complexity index is 1290. The molecule has 2 N–H and O–H groups in total. The van der Waals surface area contributed by atoms with E-state index in [-0.39, 0.29) is 17.5 Å². The quantitative estimate of drug-likeness (QED) is 0.446. The number of amides is 1. The van der Waals surface area contributed by atoms with Gasteiger partial charge in [-0.1, -0.05) is 6.07 Å². The summed E-state index contributed by atoms with van der Waals surface area (Å²) in [5.41, 5.74) is 1.00. The number of anilines is 2. The van der Waals surface area contributed by atoms with Gasteiger partial charge in [-0.25, -0.2) is 19.5 Å². The van der Waals surface area contributed by atoms with Crippen LogP contribution in [0, 0.1) is 0 Å². The number of nitrogens with zero attached hydrogens (tertiary/aromatic N) is 6. The van der Waals surface area contributed by atoms with E-state index in [4.69, 9.17) is 4.98 Å². The lowest BCUT2D eigenvalue weighted by Gasteiger charge is -2.32. The molecule has 1 aliphatic heterocycles. The van der Waals surface area contributed by atoms with Gasteiger partial charge in [0.1, 0.15) is 22.2 Å². The van der Waals surface area contributed by atoms with Gasteiger partial charge >= 0.3 is 0 Å². The molecule has 0 spiro atoms. The first kappa shape index (κ1) is 22.3. The minimum Gasteiger partial charge on any atom is -0.367 e. The normalized spacial score (nSPS) is 15.0. The average Bonchev–Trinajstić information content (AvgIpc) is 3.43. The topological polar surface area (TPSA) is 100 Å². The lowest BCUT2D eigenvalue weighted by molar-refractivity contribution is 0.0712. The van der Waals surface area contributed by atoms with Gasteiger partial charge in [0.2, 0.25) is 0 Å². The molecule has 176 valence electrons. The summed E-state index contributed by atoms with van der Waals surface area (Å²) in [6.07, 6.45) is 7.14. The number of likely N-dealkylation sites (tertiary alicyclic amines) is 1. The third-order valence-corrected chi connectivity index (χ3v) is 6.51. The number of carbonyl (C=O) groups is 1. The summed E-state index contributed by atoms with van der Waals surface area (Å²) in [5.74, 6) is 1.92. The summed E-state index contributed by atoms with van der Waals surface area (Å²) in [6, 6.07) is 7.88. The maximum atomic E-state index is 13.5. The fourth-order valence-corrected chi connectivity index (χ4v) is 4.84. The number of fused-ring (bicyclic) bond motifs is 1. The summed E-state index contributed by atoms with van der Waals surface area (Å²) in [5, 5.41) is 13.2. The van der Waals surface area contributed by atoms with Gasteiger partial charge in [-0.05, 0) is 45.7 Å². The predicted molar refractivity (Wildman–Crippen MR) is 134 cm³/mol. The molecular formula is C24H28N8OS. The smallest absolute Gasteiger partial charge is 0.272 e. The fraction of sp³-hybridized carbons (Fsp3) is 0.375. The Morgan fingerprint density at radius 2 is 1.97 bits per heavy atom. The molecule has 4 aromatic rings. The number of hydrogen-bond acceptors (Lipinski definition) is 8. The van der Waals surface area contributed by atoms with Gasteiger partial charge in [-0.3, -0.25) is 4.79 Å². The first-order valence-corrected chi connectivity index (χ1v) is 12.3. The Labute approximate surface area is 202 Å². The van der Waals surface area contributed by atoms with E-state index in [1.807, 2.05) is 34.7 Å². The van der Waals surface area contributed by atoms with Crippen LogP contribution in [0.5, 0.6) is 0 Å². The number of piperidine rings is 1. The molecule has 0 saturated carbocycles. The van der Waals surface area contributed by atoms with Gasteiger partial charge in [-0.2, -0.15) is 5.10 Å². The second-order valence-electron chi connectivity index (χ2n) is 9.47. The van der Waals surface area contributed by atoms with Crippen LogP contribution in [0.1, 0.15) is 44.1 Å². The van der Waals surface area contributed by atoms with Gasteiger partial charge in [-0.15, -0.1) is 11.3 Å². The number of thiazole rings is 1. The maximum Gasteiger partial charge on any atom is 0.272 e. The minimum atomic E-state index is -0.210. The Morgan fingerprint density at radius 1 is 1.15 bits per heavy atom. The summed E-state index contributed by atoms with van der Waals surface area (Å²) in [7, 11) is 0. The molecule has 0 unspecified atom stereocenters.